The van der Waals surface area contributed by atoms with Gasteiger partial charge in [-0.2, -0.15) is 0 Å². The summed E-state index contributed by atoms with van der Waals surface area (Å²) in [5.74, 6) is -0.565. The fourth-order valence-corrected chi connectivity index (χ4v) is 2.05. The van der Waals surface area contributed by atoms with Crippen LogP contribution in [0.3, 0.4) is 0 Å². The van der Waals surface area contributed by atoms with Gasteiger partial charge >= 0.3 is 0 Å². The average molecular weight is 230 g/mol. The molecule has 4 heteroatoms. The predicted molar refractivity (Wildman–Crippen MR) is 63.8 cm³/mol. The molecule has 2 rings (SSSR count). The van der Waals surface area contributed by atoms with Crippen LogP contribution in [0.25, 0.3) is 0 Å². The number of ketones is 1. The Kier molecular flexibility index (Phi) is 3.06. The van der Waals surface area contributed by atoms with E-state index in [0.29, 0.717) is 0 Å². The highest BCUT2D eigenvalue weighted by Gasteiger charge is 2.28. The van der Waals surface area contributed by atoms with Crippen LogP contribution in [-0.2, 0) is 9.59 Å². The summed E-state index contributed by atoms with van der Waals surface area (Å²) in [6.07, 6.45) is 0. The van der Waals surface area contributed by atoms with Crippen molar-refractivity contribution in [1.29, 1.82) is 0 Å². The van der Waals surface area contributed by atoms with Crippen LogP contribution in [0.2, 0.25) is 0 Å². The summed E-state index contributed by atoms with van der Waals surface area (Å²) >= 11 is 0. The number of Topliss-reactive ketones (excluding diaryl/α,β-unsaturated/α-hetero) is 1. The maximum atomic E-state index is 11.6. The van der Waals surface area contributed by atoms with Gasteiger partial charge in [-0.15, -0.1) is 0 Å². The van der Waals surface area contributed by atoms with Gasteiger partial charge in [0, 0.05) is 0 Å². The molecule has 0 saturated carbocycles. The van der Waals surface area contributed by atoms with Crippen molar-refractivity contribution in [3.8, 4) is 0 Å². The van der Waals surface area contributed by atoms with Crippen LogP contribution in [0.4, 0.5) is 0 Å². The van der Waals surface area contributed by atoms with Crippen LogP contribution in [-0.4, -0.2) is 11.7 Å². The molecule has 1 unspecified atom stereocenters. The third-order valence-corrected chi connectivity index (χ3v) is 2.87. The molecule has 2 N–H and O–H groups in total. The summed E-state index contributed by atoms with van der Waals surface area (Å²) in [4.78, 5) is 23.0. The topological polar surface area (TPSA) is 58.2 Å². The van der Waals surface area contributed by atoms with Crippen molar-refractivity contribution in [2.45, 2.75) is 19.9 Å². The van der Waals surface area contributed by atoms with Crippen molar-refractivity contribution < 1.29 is 9.59 Å². The molecule has 1 aliphatic heterocycles. The highest BCUT2D eigenvalue weighted by atomic mass is 16.2. The lowest BCUT2D eigenvalue weighted by Gasteiger charge is -2.27. The summed E-state index contributed by atoms with van der Waals surface area (Å²) in [5, 5.41) is 0. The van der Waals surface area contributed by atoms with Gasteiger partial charge in [0.1, 0.15) is 0 Å². The van der Waals surface area contributed by atoms with Gasteiger partial charge in [0.05, 0.1) is 11.6 Å². The van der Waals surface area contributed by atoms with Crippen molar-refractivity contribution in [3.63, 3.8) is 0 Å². The van der Waals surface area contributed by atoms with Crippen LogP contribution in [0, 0.1) is 0 Å². The third kappa shape index (κ3) is 2.12. The molecule has 0 aliphatic carbocycles. The van der Waals surface area contributed by atoms with E-state index in [4.69, 9.17) is 0 Å². The maximum Gasteiger partial charge on any atom is 0.269 e. The van der Waals surface area contributed by atoms with Gasteiger partial charge in [-0.05, 0) is 25.0 Å². The van der Waals surface area contributed by atoms with Crippen LogP contribution in [0.15, 0.2) is 41.5 Å². The van der Waals surface area contributed by atoms with Crippen molar-refractivity contribution in [3.05, 3.63) is 47.0 Å². The van der Waals surface area contributed by atoms with Gasteiger partial charge in [0.25, 0.3) is 5.91 Å². The number of benzene rings is 1. The first-order valence-corrected chi connectivity index (χ1v) is 5.43. The Labute approximate surface area is 99.7 Å². The Morgan fingerprint density at radius 3 is 2.47 bits per heavy atom. The summed E-state index contributed by atoms with van der Waals surface area (Å²) in [7, 11) is 0. The zero-order valence-electron chi connectivity index (χ0n) is 9.78. The van der Waals surface area contributed by atoms with E-state index in [0.717, 1.165) is 11.1 Å². The van der Waals surface area contributed by atoms with Gasteiger partial charge in [0.2, 0.25) is 0 Å². The molecule has 0 saturated heterocycles. The fourth-order valence-electron chi connectivity index (χ4n) is 2.05. The molecule has 0 aromatic heterocycles. The number of hydrazine groups is 1. The van der Waals surface area contributed by atoms with E-state index in [1.54, 1.807) is 6.92 Å². The van der Waals surface area contributed by atoms with Gasteiger partial charge in [-0.1, -0.05) is 30.3 Å². The lowest BCUT2D eigenvalue weighted by atomic mass is 9.93. The summed E-state index contributed by atoms with van der Waals surface area (Å²) in [6, 6.07) is 9.54. The number of nitrogens with one attached hydrogen (secondary N) is 2. The van der Waals surface area contributed by atoms with E-state index in [9.17, 15) is 9.59 Å². The quantitative estimate of drug-likeness (QED) is 0.752. The smallest absolute Gasteiger partial charge is 0.269 e. The van der Waals surface area contributed by atoms with Crippen molar-refractivity contribution in [1.82, 2.24) is 10.9 Å². The van der Waals surface area contributed by atoms with Crippen LogP contribution < -0.4 is 10.9 Å². The zero-order valence-corrected chi connectivity index (χ0v) is 9.78. The standard InChI is InChI=1S/C13H14N2O2/c1-8-11(9(2)16)13(17)15-14-12(8)10-6-4-3-5-7-10/h3-7,12,14H,1-2H3,(H,15,17). The minimum Gasteiger partial charge on any atom is -0.294 e. The monoisotopic (exact) mass is 230 g/mol. The lowest BCUT2D eigenvalue weighted by molar-refractivity contribution is -0.123. The van der Waals surface area contributed by atoms with Crippen LogP contribution in [0.5, 0.6) is 0 Å². The fraction of sp³-hybridized carbons (Fsp3) is 0.231. The van der Waals surface area contributed by atoms with Gasteiger partial charge < -0.3 is 0 Å². The lowest BCUT2D eigenvalue weighted by Crippen LogP contribution is -2.47. The minimum absolute atomic E-state index is 0.146. The molecule has 1 aliphatic rings. The second-order valence-corrected chi connectivity index (χ2v) is 4.06. The number of hydrogen-bond donors (Lipinski definition) is 2. The number of amides is 1. The summed E-state index contributed by atoms with van der Waals surface area (Å²) in [5.41, 5.74) is 7.46. The molecule has 1 amide bonds. The zero-order chi connectivity index (χ0) is 12.4. The highest BCUT2D eigenvalue weighted by Crippen LogP contribution is 2.26. The van der Waals surface area contributed by atoms with E-state index in [2.05, 4.69) is 10.9 Å². The normalized spacial score (nSPS) is 20.1. The number of rotatable bonds is 2. The third-order valence-electron chi connectivity index (χ3n) is 2.87. The van der Waals surface area contributed by atoms with Gasteiger partial charge in [-0.25, -0.2) is 5.43 Å². The second kappa shape index (κ2) is 4.51. The molecular formula is C13H14N2O2. The Morgan fingerprint density at radius 1 is 1.24 bits per heavy atom. The molecular weight excluding hydrogens is 216 g/mol. The molecule has 1 aromatic rings. The SMILES string of the molecule is CC(=O)C1=C(C)C(c2ccccc2)NNC1=O. The van der Waals surface area contributed by atoms with E-state index in [-0.39, 0.29) is 23.3 Å². The van der Waals surface area contributed by atoms with Crippen molar-refractivity contribution >= 4 is 11.7 Å². The average Bonchev–Trinajstić information content (AvgIpc) is 2.30. The Balaban J connectivity index is 2.45. The van der Waals surface area contributed by atoms with E-state index < -0.39 is 0 Å². The number of carbonyl (C=O) groups excluding carboxylic acids is 2. The molecule has 0 fully saturated rings. The molecule has 0 radical (unpaired) electrons. The Morgan fingerprint density at radius 2 is 1.88 bits per heavy atom. The van der Waals surface area contributed by atoms with Gasteiger partial charge in [0.15, 0.2) is 5.78 Å². The molecule has 0 bridgehead atoms. The Bertz CT molecular complexity index is 491. The first-order chi connectivity index (χ1) is 8.11. The van der Waals surface area contributed by atoms with Gasteiger partial charge in [-0.3, -0.25) is 15.0 Å². The van der Waals surface area contributed by atoms with Crippen LogP contribution in [0.1, 0.15) is 25.5 Å². The number of carbonyl (C=O) groups is 2. The summed E-state index contributed by atoms with van der Waals surface area (Å²) in [6.45, 7) is 3.21. The molecule has 17 heavy (non-hydrogen) atoms. The van der Waals surface area contributed by atoms with Crippen molar-refractivity contribution in [2.75, 3.05) is 0 Å². The van der Waals surface area contributed by atoms with E-state index in [1.165, 1.54) is 6.92 Å². The largest absolute Gasteiger partial charge is 0.294 e. The van der Waals surface area contributed by atoms with E-state index >= 15 is 0 Å². The van der Waals surface area contributed by atoms with Crippen LogP contribution >= 0.6 is 0 Å². The molecule has 4 nitrogen and oxygen atoms in total. The highest BCUT2D eigenvalue weighted by molar-refractivity contribution is 6.19. The van der Waals surface area contributed by atoms with E-state index in [1.807, 2.05) is 30.3 Å². The molecule has 1 atom stereocenters. The summed E-state index contributed by atoms with van der Waals surface area (Å²) < 4.78 is 0. The maximum absolute atomic E-state index is 11.6. The first-order valence-electron chi connectivity index (χ1n) is 5.43. The predicted octanol–water partition coefficient (Wildman–Crippen LogP) is 1.27. The molecule has 1 aromatic carbocycles. The van der Waals surface area contributed by atoms with Crippen molar-refractivity contribution in [2.24, 2.45) is 0 Å². The molecule has 1 heterocycles. The molecule has 0 spiro atoms. The second-order valence-electron chi connectivity index (χ2n) is 4.06. The first kappa shape index (κ1) is 11.5. The number of hydrogen-bond acceptors (Lipinski definition) is 3. The minimum atomic E-state index is -0.359. The molecule has 88 valence electrons. The Hall–Kier alpha value is -1.94.